The van der Waals surface area contributed by atoms with Crippen LogP contribution in [0.15, 0.2) is 46.9 Å². The summed E-state index contributed by atoms with van der Waals surface area (Å²) in [6, 6.07) is 12.5. The number of nitrogens with zero attached hydrogens (tertiary/aromatic N) is 3. The fourth-order valence-electron chi connectivity index (χ4n) is 3.08. The van der Waals surface area contributed by atoms with E-state index in [0.29, 0.717) is 30.3 Å². The van der Waals surface area contributed by atoms with Gasteiger partial charge in [-0.25, -0.2) is 0 Å². The fraction of sp³-hybridized carbons (Fsp3) is 0.211. The Morgan fingerprint density at radius 3 is 2.48 bits per heavy atom. The molecule has 1 aromatic heterocycles. The molecular formula is C19H18BrN5O3S. The van der Waals surface area contributed by atoms with Crippen molar-refractivity contribution in [3.8, 4) is 5.75 Å². The van der Waals surface area contributed by atoms with Crippen LogP contribution in [0.4, 0.5) is 23.0 Å². The van der Waals surface area contributed by atoms with Crippen LogP contribution in [0.5, 0.6) is 5.75 Å². The molecule has 29 heavy (non-hydrogen) atoms. The maximum Gasteiger partial charge on any atom is 0.257 e. The van der Waals surface area contributed by atoms with Crippen molar-refractivity contribution in [2.75, 3.05) is 23.7 Å². The van der Waals surface area contributed by atoms with Gasteiger partial charge in [-0.3, -0.25) is 4.79 Å². The van der Waals surface area contributed by atoms with Gasteiger partial charge in [-0.1, -0.05) is 18.2 Å². The summed E-state index contributed by atoms with van der Waals surface area (Å²) in [6.07, 6.45) is 0.0216. The fourth-order valence-corrected chi connectivity index (χ4v) is 3.94. The summed E-state index contributed by atoms with van der Waals surface area (Å²) >= 11 is 4.50. The Morgan fingerprint density at radius 1 is 1.10 bits per heavy atom. The zero-order valence-electron chi connectivity index (χ0n) is 15.2. The van der Waals surface area contributed by atoms with E-state index < -0.39 is 6.10 Å². The van der Waals surface area contributed by atoms with Gasteiger partial charge in [0.15, 0.2) is 17.4 Å². The third-order valence-electron chi connectivity index (χ3n) is 4.59. The number of phenols is 1. The second-order valence-electron chi connectivity index (χ2n) is 6.59. The number of likely N-dealkylation sites (tertiary alicyclic amines) is 1. The molecule has 1 atom stereocenters. The van der Waals surface area contributed by atoms with Crippen molar-refractivity contribution in [3.63, 3.8) is 0 Å². The predicted octanol–water partition coefficient (Wildman–Crippen LogP) is 3.70. The van der Waals surface area contributed by atoms with Crippen LogP contribution >= 0.6 is 27.7 Å². The predicted molar refractivity (Wildman–Crippen MR) is 115 cm³/mol. The summed E-state index contributed by atoms with van der Waals surface area (Å²) < 4.78 is 9.38. The average molecular weight is 476 g/mol. The van der Waals surface area contributed by atoms with E-state index in [1.807, 2.05) is 24.3 Å². The van der Waals surface area contributed by atoms with E-state index in [1.165, 1.54) is 4.90 Å². The molecule has 1 fully saturated rings. The number of phenolic OH excluding ortho intramolecular Hbond substituents is 1. The number of carbonyl (C=O) groups is 1. The molecule has 0 aliphatic carbocycles. The minimum Gasteiger partial charge on any atom is -0.505 e. The Morgan fingerprint density at radius 2 is 1.79 bits per heavy atom. The molecule has 3 aromatic rings. The van der Waals surface area contributed by atoms with Crippen LogP contribution in [0.3, 0.4) is 0 Å². The highest BCUT2D eigenvalue weighted by atomic mass is 79.9. The molecule has 8 nitrogen and oxygen atoms in total. The van der Waals surface area contributed by atoms with Crippen molar-refractivity contribution >= 4 is 56.6 Å². The third-order valence-corrected chi connectivity index (χ3v) is 5.81. The van der Waals surface area contributed by atoms with E-state index in [-0.39, 0.29) is 23.8 Å². The van der Waals surface area contributed by atoms with Gasteiger partial charge < -0.3 is 25.7 Å². The van der Waals surface area contributed by atoms with Gasteiger partial charge in [-0.15, -0.1) is 0 Å². The molecule has 0 radical (unpaired) electrons. The molecule has 1 aliphatic heterocycles. The van der Waals surface area contributed by atoms with E-state index in [1.54, 1.807) is 18.2 Å². The minimum absolute atomic E-state index is 0.168. The topological polar surface area (TPSA) is 111 Å². The number of hydrogen-bond acceptors (Lipinski definition) is 8. The monoisotopic (exact) mass is 475 g/mol. The lowest BCUT2D eigenvalue weighted by molar-refractivity contribution is 0.0762. The number of amides is 1. The maximum atomic E-state index is 12.7. The highest BCUT2D eigenvalue weighted by Gasteiger charge is 2.27. The number of rotatable bonds is 5. The zero-order valence-corrected chi connectivity index (χ0v) is 17.6. The molecule has 0 spiro atoms. The first-order chi connectivity index (χ1) is 14.0. The molecule has 2 heterocycles. The lowest BCUT2D eigenvalue weighted by atomic mass is 10.1. The van der Waals surface area contributed by atoms with Crippen molar-refractivity contribution in [2.24, 2.45) is 0 Å². The standard InChI is InChI=1S/C19H18BrN5O3S/c20-13-5-1-2-6-14(13)21-17-18(24-29-23-17)22-15-7-3-4-12(16(15)27)19(28)25-9-8-11(26)10-25/h1-7,11,26-27H,8-10H2,(H,21,23)(H,22,24)/t11-/m1/s1. The summed E-state index contributed by atoms with van der Waals surface area (Å²) in [5.74, 6) is 0.451. The molecule has 0 saturated carbocycles. The number of aliphatic hydroxyl groups is 1. The lowest BCUT2D eigenvalue weighted by Gasteiger charge is -2.17. The van der Waals surface area contributed by atoms with Gasteiger partial charge in [-0.2, -0.15) is 8.75 Å². The van der Waals surface area contributed by atoms with Crippen molar-refractivity contribution in [1.29, 1.82) is 0 Å². The van der Waals surface area contributed by atoms with E-state index in [2.05, 4.69) is 35.3 Å². The number of aromatic nitrogens is 2. The van der Waals surface area contributed by atoms with E-state index in [4.69, 9.17) is 0 Å². The van der Waals surface area contributed by atoms with Crippen molar-refractivity contribution in [3.05, 3.63) is 52.5 Å². The number of aliphatic hydroxyl groups excluding tert-OH is 1. The Hall–Kier alpha value is -2.69. The molecule has 4 rings (SSSR count). The molecule has 10 heteroatoms. The van der Waals surface area contributed by atoms with Gasteiger partial charge >= 0.3 is 0 Å². The quantitative estimate of drug-likeness (QED) is 0.416. The van der Waals surface area contributed by atoms with Crippen LogP contribution in [0, 0.1) is 0 Å². The second-order valence-corrected chi connectivity index (χ2v) is 7.97. The number of carbonyl (C=O) groups excluding carboxylic acids is 1. The Labute approximate surface area is 179 Å². The number of hydrogen-bond donors (Lipinski definition) is 4. The first kappa shape index (κ1) is 19.6. The van der Waals surface area contributed by atoms with Crippen LogP contribution in [0.1, 0.15) is 16.8 Å². The van der Waals surface area contributed by atoms with Gasteiger partial charge in [-0.05, 0) is 46.6 Å². The number of halogens is 1. The summed E-state index contributed by atoms with van der Waals surface area (Å²) in [6.45, 7) is 0.735. The number of nitrogens with one attached hydrogen (secondary N) is 2. The van der Waals surface area contributed by atoms with E-state index in [0.717, 1.165) is 21.9 Å². The molecule has 1 saturated heterocycles. The first-order valence-electron chi connectivity index (χ1n) is 8.93. The first-order valence-corrected chi connectivity index (χ1v) is 10.5. The second kappa shape index (κ2) is 8.36. The molecule has 1 amide bonds. The van der Waals surface area contributed by atoms with Crippen molar-refractivity contribution in [1.82, 2.24) is 13.6 Å². The van der Waals surface area contributed by atoms with Crippen LogP contribution < -0.4 is 10.6 Å². The average Bonchev–Trinajstić information content (AvgIpc) is 3.34. The molecule has 1 aliphatic rings. The normalized spacial score (nSPS) is 16.1. The Balaban J connectivity index is 1.56. The van der Waals surface area contributed by atoms with Crippen LogP contribution in [-0.4, -0.2) is 49.0 Å². The number of aromatic hydroxyl groups is 1. The molecule has 150 valence electrons. The van der Waals surface area contributed by atoms with Gasteiger partial charge in [0.2, 0.25) is 0 Å². The molecule has 2 aromatic carbocycles. The van der Waals surface area contributed by atoms with Gasteiger partial charge in [0.1, 0.15) is 0 Å². The van der Waals surface area contributed by atoms with E-state index >= 15 is 0 Å². The number of benzene rings is 2. The maximum absolute atomic E-state index is 12.7. The SMILES string of the molecule is O=C(c1cccc(Nc2nsnc2Nc2ccccc2Br)c1O)N1CC[C@@H](O)C1. The van der Waals surface area contributed by atoms with Gasteiger partial charge in [0.05, 0.1) is 34.8 Å². The highest BCUT2D eigenvalue weighted by molar-refractivity contribution is 9.10. The van der Waals surface area contributed by atoms with Crippen LogP contribution in [0.25, 0.3) is 0 Å². The number of para-hydroxylation sites is 2. The van der Waals surface area contributed by atoms with Crippen LogP contribution in [0.2, 0.25) is 0 Å². The molecular weight excluding hydrogens is 458 g/mol. The number of β-amino-alcohol motifs (C(OH)–C–C–N with tert-alkyl or cyclic N) is 1. The van der Waals surface area contributed by atoms with Crippen LogP contribution in [-0.2, 0) is 0 Å². The molecule has 0 bridgehead atoms. The third kappa shape index (κ3) is 4.19. The van der Waals surface area contributed by atoms with Gasteiger partial charge in [0.25, 0.3) is 5.91 Å². The summed E-state index contributed by atoms with van der Waals surface area (Å²) in [5, 5.41) is 26.6. The minimum atomic E-state index is -0.519. The Kier molecular flexibility index (Phi) is 5.65. The smallest absolute Gasteiger partial charge is 0.257 e. The van der Waals surface area contributed by atoms with Gasteiger partial charge in [0, 0.05) is 17.6 Å². The molecule has 4 N–H and O–H groups in total. The number of anilines is 4. The van der Waals surface area contributed by atoms with Crippen molar-refractivity contribution < 1.29 is 15.0 Å². The van der Waals surface area contributed by atoms with E-state index in [9.17, 15) is 15.0 Å². The lowest BCUT2D eigenvalue weighted by Crippen LogP contribution is -2.29. The summed E-state index contributed by atoms with van der Waals surface area (Å²) in [7, 11) is 0. The summed E-state index contributed by atoms with van der Waals surface area (Å²) in [4.78, 5) is 14.2. The summed E-state index contributed by atoms with van der Waals surface area (Å²) in [5.41, 5.74) is 1.34. The van der Waals surface area contributed by atoms with Crippen molar-refractivity contribution in [2.45, 2.75) is 12.5 Å². The molecule has 0 unspecified atom stereocenters. The zero-order chi connectivity index (χ0) is 20.4. The largest absolute Gasteiger partial charge is 0.505 e. The Bertz CT molecular complexity index is 1040. The highest BCUT2D eigenvalue weighted by Crippen LogP contribution is 2.35.